The first-order valence-corrected chi connectivity index (χ1v) is 8.49. The summed E-state index contributed by atoms with van der Waals surface area (Å²) in [6, 6.07) is 6.56. The summed E-state index contributed by atoms with van der Waals surface area (Å²) in [5.41, 5.74) is 8.69. The Morgan fingerprint density at radius 2 is 2.20 bits per heavy atom. The van der Waals surface area contributed by atoms with Gasteiger partial charge < -0.3 is 0 Å². The summed E-state index contributed by atoms with van der Waals surface area (Å²) in [4.78, 5) is 13.6. The molecule has 0 radical (unpaired) electrons. The maximum Gasteiger partial charge on any atom is 0.267 e. The number of aromatic nitrogens is 2. The molecule has 6 nitrogen and oxygen atoms in total. The van der Waals surface area contributed by atoms with Gasteiger partial charge in [-0.3, -0.25) is 20.0 Å². The molecule has 2 aromatic rings. The number of nitrogens with one attached hydrogen (secondary N) is 2. The Morgan fingerprint density at radius 1 is 1.40 bits per heavy atom. The highest BCUT2D eigenvalue weighted by Gasteiger charge is 2.25. The number of aromatic amines is 1. The second kappa shape index (κ2) is 7.21. The molecule has 6 heteroatoms. The Bertz CT molecular complexity index is 790. The van der Waals surface area contributed by atoms with Crippen molar-refractivity contribution in [1.29, 1.82) is 0 Å². The smallest absolute Gasteiger partial charge is 0.267 e. The number of carbonyl (C=O) groups is 1. The van der Waals surface area contributed by atoms with E-state index >= 15 is 0 Å². The first-order valence-electron chi connectivity index (χ1n) is 8.49. The molecule has 1 aliphatic rings. The van der Waals surface area contributed by atoms with Crippen LogP contribution in [0.5, 0.6) is 0 Å². The number of fused-ring (bicyclic) bond motifs is 1. The van der Waals surface area contributed by atoms with Crippen molar-refractivity contribution in [2.75, 3.05) is 6.54 Å². The van der Waals surface area contributed by atoms with Crippen molar-refractivity contribution in [3.63, 3.8) is 0 Å². The first kappa shape index (κ1) is 17.4. The Kier molecular flexibility index (Phi) is 5.01. The molecule has 1 atom stereocenters. The lowest BCUT2D eigenvalue weighted by molar-refractivity contribution is -0.124. The van der Waals surface area contributed by atoms with E-state index in [2.05, 4.69) is 41.1 Å². The fraction of sp³-hybridized carbons (Fsp3) is 0.368. The number of nitrogens with zero attached hydrogens (tertiary/aromatic N) is 2. The Balaban J connectivity index is 1.76. The van der Waals surface area contributed by atoms with Crippen LogP contribution in [0, 0.1) is 13.8 Å². The molecule has 3 N–H and O–H groups in total. The number of H-pyrrole nitrogens is 1. The van der Waals surface area contributed by atoms with Crippen LogP contribution in [0.2, 0.25) is 0 Å². The molecular formula is C19H24N4O2. The van der Waals surface area contributed by atoms with Gasteiger partial charge in [0.1, 0.15) is 0 Å². The predicted octanol–water partition coefficient (Wildman–Crippen LogP) is 2.66. The molecule has 0 saturated heterocycles. The lowest BCUT2D eigenvalue weighted by Gasteiger charge is -2.34. The van der Waals surface area contributed by atoms with E-state index in [0.717, 1.165) is 36.5 Å². The molecule has 2 heterocycles. The molecule has 0 aliphatic carbocycles. The molecule has 1 amide bonds. The number of amides is 1. The van der Waals surface area contributed by atoms with Gasteiger partial charge in [-0.1, -0.05) is 18.2 Å². The molecule has 0 bridgehead atoms. The predicted molar refractivity (Wildman–Crippen MR) is 96.0 cm³/mol. The third kappa shape index (κ3) is 3.65. The molecule has 1 aliphatic heterocycles. The van der Waals surface area contributed by atoms with E-state index in [1.54, 1.807) is 11.6 Å². The zero-order valence-electron chi connectivity index (χ0n) is 14.8. The molecule has 0 spiro atoms. The van der Waals surface area contributed by atoms with Gasteiger partial charge in [-0.25, -0.2) is 5.48 Å². The average molecular weight is 340 g/mol. The zero-order valence-corrected chi connectivity index (χ0v) is 14.8. The van der Waals surface area contributed by atoms with E-state index in [4.69, 9.17) is 5.21 Å². The van der Waals surface area contributed by atoms with Crippen LogP contribution in [0.3, 0.4) is 0 Å². The minimum absolute atomic E-state index is 0.319. The number of benzene rings is 1. The van der Waals surface area contributed by atoms with Crippen molar-refractivity contribution >= 4 is 12.0 Å². The monoisotopic (exact) mass is 340 g/mol. The molecule has 0 saturated carbocycles. The zero-order chi connectivity index (χ0) is 18.0. The van der Waals surface area contributed by atoms with Crippen LogP contribution in [0.25, 0.3) is 6.08 Å². The largest absolute Gasteiger partial charge is 0.292 e. The van der Waals surface area contributed by atoms with Crippen LogP contribution < -0.4 is 5.48 Å². The highest BCUT2D eigenvalue weighted by Crippen LogP contribution is 2.30. The van der Waals surface area contributed by atoms with Crippen molar-refractivity contribution in [2.24, 2.45) is 0 Å². The number of hydroxylamine groups is 1. The highest BCUT2D eigenvalue weighted by atomic mass is 16.5. The van der Waals surface area contributed by atoms with Gasteiger partial charge in [-0.15, -0.1) is 0 Å². The Labute approximate surface area is 147 Å². The standard InChI is InChI=1S/C19H24N4O2/c1-12-19(13(2)21-20-12)14(3)23-9-8-16-10-15(4-6-17(16)11-23)5-7-18(24)22-25/h4-7,10,14,25H,8-9,11H2,1-3H3,(H,20,21)(H,22,24). The third-order valence-corrected chi connectivity index (χ3v) is 4.96. The molecule has 1 aromatic carbocycles. The molecule has 25 heavy (non-hydrogen) atoms. The third-order valence-electron chi connectivity index (χ3n) is 4.96. The van der Waals surface area contributed by atoms with Gasteiger partial charge in [0, 0.05) is 36.5 Å². The summed E-state index contributed by atoms with van der Waals surface area (Å²) in [6.45, 7) is 8.25. The minimum atomic E-state index is -0.524. The highest BCUT2D eigenvalue weighted by molar-refractivity contribution is 5.90. The molecule has 1 aromatic heterocycles. The van der Waals surface area contributed by atoms with Crippen LogP contribution in [-0.4, -0.2) is 32.8 Å². The SMILES string of the molecule is Cc1n[nH]c(C)c1C(C)N1CCc2cc(C=CC(=O)NO)ccc2C1. The summed E-state index contributed by atoms with van der Waals surface area (Å²) in [7, 11) is 0. The number of carbonyl (C=O) groups excluding carboxylic acids is 1. The average Bonchev–Trinajstić information content (AvgIpc) is 2.96. The quantitative estimate of drug-likeness (QED) is 0.454. The number of hydrogen-bond donors (Lipinski definition) is 3. The number of hydrogen-bond acceptors (Lipinski definition) is 4. The van der Waals surface area contributed by atoms with Gasteiger partial charge in [-0.2, -0.15) is 5.10 Å². The molecule has 132 valence electrons. The fourth-order valence-corrected chi connectivity index (χ4v) is 3.60. The van der Waals surface area contributed by atoms with Crippen LogP contribution in [0.15, 0.2) is 24.3 Å². The van der Waals surface area contributed by atoms with Gasteiger partial charge in [0.05, 0.1) is 5.69 Å². The minimum Gasteiger partial charge on any atom is -0.292 e. The second-order valence-electron chi connectivity index (χ2n) is 6.58. The van der Waals surface area contributed by atoms with Crippen LogP contribution in [0.4, 0.5) is 0 Å². The maximum absolute atomic E-state index is 11.1. The van der Waals surface area contributed by atoms with E-state index < -0.39 is 5.91 Å². The van der Waals surface area contributed by atoms with Crippen LogP contribution in [0.1, 0.15) is 46.6 Å². The Hall–Kier alpha value is -2.44. The fourth-order valence-electron chi connectivity index (χ4n) is 3.60. The van der Waals surface area contributed by atoms with Crippen molar-refractivity contribution in [3.8, 4) is 0 Å². The second-order valence-corrected chi connectivity index (χ2v) is 6.58. The van der Waals surface area contributed by atoms with Crippen molar-refractivity contribution in [3.05, 3.63) is 57.9 Å². The lowest BCUT2D eigenvalue weighted by atomic mass is 9.94. The first-order chi connectivity index (χ1) is 12.0. The molecule has 3 rings (SSSR count). The lowest BCUT2D eigenvalue weighted by Crippen LogP contribution is -2.33. The van der Waals surface area contributed by atoms with Gasteiger partial charge in [0.25, 0.3) is 5.91 Å². The molecular weight excluding hydrogens is 316 g/mol. The van der Waals surface area contributed by atoms with Gasteiger partial charge in [-0.05, 0) is 50.0 Å². The summed E-state index contributed by atoms with van der Waals surface area (Å²) in [6.07, 6.45) is 4.01. The van der Waals surface area contributed by atoms with Crippen LogP contribution >= 0.6 is 0 Å². The van der Waals surface area contributed by atoms with E-state index in [1.165, 1.54) is 22.8 Å². The molecule has 0 fully saturated rings. The summed E-state index contributed by atoms with van der Waals surface area (Å²) < 4.78 is 0. The summed E-state index contributed by atoms with van der Waals surface area (Å²) >= 11 is 0. The topological polar surface area (TPSA) is 81.2 Å². The van der Waals surface area contributed by atoms with Gasteiger partial charge in [0.15, 0.2) is 0 Å². The van der Waals surface area contributed by atoms with Crippen molar-refractivity contribution in [2.45, 2.75) is 39.8 Å². The van der Waals surface area contributed by atoms with E-state index in [1.807, 2.05) is 13.0 Å². The normalized spacial score (nSPS) is 16.0. The van der Waals surface area contributed by atoms with Crippen molar-refractivity contribution < 1.29 is 10.0 Å². The van der Waals surface area contributed by atoms with E-state index in [0.29, 0.717) is 6.04 Å². The summed E-state index contributed by atoms with van der Waals surface area (Å²) in [5, 5.41) is 15.9. The molecule has 1 unspecified atom stereocenters. The Morgan fingerprint density at radius 3 is 2.88 bits per heavy atom. The van der Waals surface area contributed by atoms with E-state index in [-0.39, 0.29) is 0 Å². The van der Waals surface area contributed by atoms with Gasteiger partial charge in [0.2, 0.25) is 0 Å². The maximum atomic E-state index is 11.1. The van der Waals surface area contributed by atoms with Crippen LogP contribution in [-0.2, 0) is 17.8 Å². The van der Waals surface area contributed by atoms with E-state index in [9.17, 15) is 4.79 Å². The number of aryl methyl sites for hydroxylation is 2. The summed E-state index contributed by atoms with van der Waals surface area (Å²) in [5.74, 6) is -0.524. The number of rotatable bonds is 4. The van der Waals surface area contributed by atoms with Gasteiger partial charge >= 0.3 is 0 Å². The van der Waals surface area contributed by atoms with Crippen molar-refractivity contribution in [1.82, 2.24) is 20.6 Å².